The number of ether oxygens (including phenoxy) is 2. The Kier molecular flexibility index (Phi) is 7.28. The number of likely N-dealkylation sites (tertiary alicyclic amines) is 1. The zero-order valence-corrected chi connectivity index (χ0v) is 19.0. The van der Waals surface area contributed by atoms with E-state index in [1.807, 2.05) is 29.2 Å². The summed E-state index contributed by atoms with van der Waals surface area (Å²) in [5, 5.41) is 7.18. The van der Waals surface area contributed by atoms with Crippen molar-refractivity contribution in [1.29, 1.82) is 0 Å². The first-order chi connectivity index (χ1) is 16.1. The summed E-state index contributed by atoms with van der Waals surface area (Å²) in [5.74, 6) is 1.87. The molecule has 3 heterocycles. The zero-order valence-electron chi connectivity index (χ0n) is 19.0. The number of piperazine rings is 1. The Hall–Kier alpha value is -3.34. The molecule has 2 fully saturated rings. The number of benzene rings is 1. The molecule has 2 aliphatic heterocycles. The van der Waals surface area contributed by atoms with Crippen LogP contribution in [0.4, 0.5) is 9.59 Å². The lowest BCUT2D eigenvalue weighted by Crippen LogP contribution is -2.54. The fourth-order valence-electron chi connectivity index (χ4n) is 4.08. The van der Waals surface area contributed by atoms with Crippen molar-refractivity contribution in [2.75, 3.05) is 53.5 Å². The Morgan fingerprint density at radius 1 is 1.03 bits per heavy atom. The van der Waals surface area contributed by atoms with Crippen molar-refractivity contribution < 1.29 is 23.6 Å². The van der Waals surface area contributed by atoms with Crippen LogP contribution in [0.25, 0.3) is 11.4 Å². The summed E-state index contributed by atoms with van der Waals surface area (Å²) in [6, 6.07) is 7.53. The van der Waals surface area contributed by atoms with E-state index in [4.69, 9.17) is 14.0 Å². The SMILES string of the molecule is COC(=O)N1CCC(NC(=O)N2CCN(Cc3nc(-c4ccc(OC)cc4)no3)CC2)CC1. The van der Waals surface area contributed by atoms with Gasteiger partial charge in [-0.15, -0.1) is 0 Å². The molecule has 0 unspecified atom stereocenters. The molecule has 0 radical (unpaired) electrons. The van der Waals surface area contributed by atoms with Crippen molar-refractivity contribution in [3.8, 4) is 17.1 Å². The summed E-state index contributed by atoms with van der Waals surface area (Å²) < 4.78 is 15.3. The number of rotatable bonds is 5. The second kappa shape index (κ2) is 10.5. The fourth-order valence-corrected chi connectivity index (χ4v) is 4.08. The second-order valence-electron chi connectivity index (χ2n) is 8.18. The average molecular weight is 459 g/mol. The third-order valence-electron chi connectivity index (χ3n) is 6.09. The van der Waals surface area contributed by atoms with Gasteiger partial charge in [-0.05, 0) is 37.1 Å². The largest absolute Gasteiger partial charge is 0.497 e. The first kappa shape index (κ1) is 22.8. The van der Waals surface area contributed by atoms with Crippen molar-refractivity contribution in [1.82, 2.24) is 30.2 Å². The van der Waals surface area contributed by atoms with Gasteiger partial charge in [-0.1, -0.05) is 5.16 Å². The molecule has 2 aliphatic rings. The van der Waals surface area contributed by atoms with Gasteiger partial charge in [-0.25, -0.2) is 9.59 Å². The van der Waals surface area contributed by atoms with Crippen LogP contribution >= 0.6 is 0 Å². The molecule has 0 spiro atoms. The van der Waals surface area contributed by atoms with Crippen LogP contribution in [0.2, 0.25) is 0 Å². The maximum absolute atomic E-state index is 12.7. The van der Waals surface area contributed by atoms with Gasteiger partial charge in [0.25, 0.3) is 0 Å². The minimum Gasteiger partial charge on any atom is -0.497 e. The minimum absolute atomic E-state index is 0.0502. The molecule has 2 aromatic rings. The lowest BCUT2D eigenvalue weighted by atomic mass is 10.1. The molecule has 1 aromatic heterocycles. The monoisotopic (exact) mass is 458 g/mol. The van der Waals surface area contributed by atoms with E-state index in [-0.39, 0.29) is 18.2 Å². The Morgan fingerprint density at radius 3 is 2.36 bits per heavy atom. The predicted octanol–water partition coefficient (Wildman–Crippen LogP) is 1.80. The van der Waals surface area contributed by atoms with Crippen LogP contribution in [0.1, 0.15) is 18.7 Å². The van der Waals surface area contributed by atoms with Gasteiger partial charge in [-0.2, -0.15) is 4.98 Å². The molecule has 11 heteroatoms. The molecular weight excluding hydrogens is 428 g/mol. The first-order valence-electron chi connectivity index (χ1n) is 11.1. The molecular formula is C22H30N6O5. The van der Waals surface area contributed by atoms with Gasteiger partial charge in [0.15, 0.2) is 0 Å². The summed E-state index contributed by atoms with van der Waals surface area (Å²) in [6.45, 7) is 4.45. The van der Waals surface area contributed by atoms with Gasteiger partial charge >= 0.3 is 12.1 Å². The maximum atomic E-state index is 12.7. The number of nitrogens with zero attached hydrogens (tertiary/aromatic N) is 5. The number of aromatic nitrogens is 2. The number of carbonyl (C=O) groups is 2. The van der Waals surface area contributed by atoms with Crippen molar-refractivity contribution in [3.63, 3.8) is 0 Å². The Morgan fingerprint density at radius 2 is 1.73 bits per heavy atom. The molecule has 3 amide bonds. The summed E-state index contributed by atoms with van der Waals surface area (Å²) in [4.78, 5) is 34.4. The van der Waals surface area contributed by atoms with Crippen LogP contribution in [-0.4, -0.2) is 96.5 Å². The van der Waals surface area contributed by atoms with E-state index >= 15 is 0 Å². The Labute approximate surface area is 192 Å². The average Bonchev–Trinajstić information content (AvgIpc) is 3.33. The van der Waals surface area contributed by atoms with Gasteiger partial charge in [0, 0.05) is 50.9 Å². The Balaban J connectivity index is 1.20. The van der Waals surface area contributed by atoms with Crippen molar-refractivity contribution in [2.45, 2.75) is 25.4 Å². The number of piperidine rings is 1. The standard InChI is InChI=1S/C22H30N6O5/c1-31-18-5-3-16(4-6-18)20-24-19(33-25-20)15-26-11-13-27(14-12-26)21(29)23-17-7-9-28(10-8-17)22(30)32-2/h3-6,17H,7-15H2,1-2H3,(H,23,29). The van der Waals surface area contributed by atoms with E-state index in [1.165, 1.54) is 7.11 Å². The fraction of sp³-hybridized carbons (Fsp3) is 0.545. The number of amides is 3. The zero-order chi connectivity index (χ0) is 23.2. The highest BCUT2D eigenvalue weighted by Crippen LogP contribution is 2.20. The van der Waals surface area contributed by atoms with Gasteiger partial charge in [0.05, 0.1) is 20.8 Å². The molecule has 0 bridgehead atoms. The topological polar surface area (TPSA) is 113 Å². The van der Waals surface area contributed by atoms with Gasteiger partial charge < -0.3 is 29.1 Å². The lowest BCUT2D eigenvalue weighted by Gasteiger charge is -2.36. The molecule has 0 aliphatic carbocycles. The first-order valence-corrected chi connectivity index (χ1v) is 11.1. The number of hydrogen-bond donors (Lipinski definition) is 1. The van der Waals surface area contributed by atoms with Gasteiger partial charge in [0.1, 0.15) is 5.75 Å². The molecule has 178 valence electrons. The summed E-state index contributed by atoms with van der Waals surface area (Å²) in [7, 11) is 3.01. The number of hydrogen-bond acceptors (Lipinski definition) is 8. The number of methoxy groups -OCH3 is 2. The van der Waals surface area contributed by atoms with E-state index in [2.05, 4.69) is 20.4 Å². The summed E-state index contributed by atoms with van der Waals surface area (Å²) >= 11 is 0. The third kappa shape index (κ3) is 5.72. The molecule has 4 rings (SSSR count). The normalized spacial score (nSPS) is 17.6. The highest BCUT2D eigenvalue weighted by atomic mass is 16.5. The van der Waals surface area contributed by atoms with Crippen LogP contribution < -0.4 is 10.1 Å². The summed E-state index contributed by atoms with van der Waals surface area (Å²) in [6.07, 6.45) is 1.15. The highest BCUT2D eigenvalue weighted by molar-refractivity contribution is 5.74. The van der Waals surface area contributed by atoms with Crippen molar-refractivity contribution >= 4 is 12.1 Å². The predicted molar refractivity (Wildman–Crippen MR) is 119 cm³/mol. The Bertz CT molecular complexity index is 933. The van der Waals surface area contributed by atoms with E-state index in [0.717, 1.165) is 37.2 Å². The van der Waals surface area contributed by atoms with E-state index in [9.17, 15) is 9.59 Å². The number of nitrogens with one attached hydrogen (secondary N) is 1. The van der Waals surface area contributed by atoms with Crippen molar-refractivity contribution in [2.24, 2.45) is 0 Å². The third-order valence-corrected chi connectivity index (χ3v) is 6.09. The van der Waals surface area contributed by atoms with Crippen LogP contribution in [0.5, 0.6) is 5.75 Å². The maximum Gasteiger partial charge on any atom is 0.409 e. The van der Waals surface area contributed by atoms with Crippen LogP contribution in [0, 0.1) is 0 Å². The quantitative estimate of drug-likeness (QED) is 0.722. The molecule has 11 nitrogen and oxygen atoms in total. The molecule has 33 heavy (non-hydrogen) atoms. The van der Waals surface area contributed by atoms with Gasteiger partial charge in [0.2, 0.25) is 11.7 Å². The van der Waals surface area contributed by atoms with E-state index in [1.54, 1.807) is 12.0 Å². The molecule has 1 N–H and O–H groups in total. The van der Waals surface area contributed by atoms with Crippen LogP contribution in [-0.2, 0) is 11.3 Å². The molecule has 0 saturated carbocycles. The van der Waals surface area contributed by atoms with Gasteiger partial charge in [-0.3, -0.25) is 4.90 Å². The smallest absolute Gasteiger partial charge is 0.409 e. The van der Waals surface area contributed by atoms with Crippen LogP contribution in [0.3, 0.4) is 0 Å². The van der Waals surface area contributed by atoms with E-state index in [0.29, 0.717) is 44.4 Å². The van der Waals surface area contributed by atoms with Crippen LogP contribution in [0.15, 0.2) is 28.8 Å². The minimum atomic E-state index is -0.312. The molecule has 2 saturated heterocycles. The number of urea groups is 1. The molecule has 1 aromatic carbocycles. The lowest BCUT2D eigenvalue weighted by molar-refractivity contribution is 0.106. The second-order valence-corrected chi connectivity index (χ2v) is 8.18. The molecule has 0 atom stereocenters. The van der Waals surface area contributed by atoms with E-state index < -0.39 is 0 Å². The highest BCUT2D eigenvalue weighted by Gasteiger charge is 2.27. The van der Waals surface area contributed by atoms with Crippen molar-refractivity contribution in [3.05, 3.63) is 30.2 Å². The number of carbonyl (C=O) groups excluding carboxylic acids is 2. The summed E-state index contributed by atoms with van der Waals surface area (Å²) in [5.41, 5.74) is 0.865.